The molecule has 2 amide bonds. The Morgan fingerprint density at radius 1 is 1.17 bits per heavy atom. The highest BCUT2D eigenvalue weighted by molar-refractivity contribution is 6.04. The standard InChI is InChI=1S/C17H19N3O3/c1-11-4-5-12(2)15(8-11)20-16(21)13-6-7-18-14(9-13)10-19-17(22)23-3/h4-9H,10H2,1-3H3,(H,19,22)(H,20,21). The molecule has 0 fully saturated rings. The van der Waals surface area contributed by atoms with Crippen LogP contribution in [0.1, 0.15) is 27.2 Å². The van der Waals surface area contributed by atoms with Crippen molar-refractivity contribution in [2.75, 3.05) is 12.4 Å². The summed E-state index contributed by atoms with van der Waals surface area (Å²) < 4.78 is 4.50. The summed E-state index contributed by atoms with van der Waals surface area (Å²) in [5.41, 5.74) is 3.89. The van der Waals surface area contributed by atoms with Gasteiger partial charge in [0, 0.05) is 17.4 Å². The molecule has 6 heteroatoms. The van der Waals surface area contributed by atoms with Gasteiger partial charge in [0.15, 0.2) is 0 Å². The van der Waals surface area contributed by atoms with E-state index in [0.29, 0.717) is 11.3 Å². The summed E-state index contributed by atoms with van der Waals surface area (Å²) >= 11 is 0. The van der Waals surface area contributed by atoms with Gasteiger partial charge in [-0.25, -0.2) is 4.79 Å². The smallest absolute Gasteiger partial charge is 0.407 e. The van der Waals surface area contributed by atoms with E-state index in [1.54, 1.807) is 12.1 Å². The molecule has 0 bridgehead atoms. The van der Waals surface area contributed by atoms with Gasteiger partial charge in [-0.05, 0) is 43.2 Å². The number of methoxy groups -OCH3 is 1. The lowest BCUT2D eigenvalue weighted by atomic mass is 10.1. The van der Waals surface area contributed by atoms with Crippen molar-refractivity contribution in [2.45, 2.75) is 20.4 Å². The Morgan fingerprint density at radius 2 is 1.96 bits per heavy atom. The highest BCUT2D eigenvalue weighted by Crippen LogP contribution is 2.17. The van der Waals surface area contributed by atoms with E-state index in [0.717, 1.165) is 16.8 Å². The van der Waals surface area contributed by atoms with Gasteiger partial charge in [0.2, 0.25) is 0 Å². The minimum Gasteiger partial charge on any atom is -0.453 e. The van der Waals surface area contributed by atoms with E-state index in [9.17, 15) is 9.59 Å². The van der Waals surface area contributed by atoms with Crippen LogP contribution < -0.4 is 10.6 Å². The van der Waals surface area contributed by atoms with Crippen LogP contribution in [0.15, 0.2) is 36.5 Å². The molecule has 2 rings (SSSR count). The number of hydrogen-bond acceptors (Lipinski definition) is 4. The fourth-order valence-electron chi connectivity index (χ4n) is 2.02. The average molecular weight is 313 g/mol. The number of nitrogens with one attached hydrogen (secondary N) is 2. The molecule has 1 aromatic heterocycles. The van der Waals surface area contributed by atoms with E-state index in [4.69, 9.17) is 0 Å². The van der Waals surface area contributed by atoms with E-state index in [2.05, 4.69) is 20.4 Å². The van der Waals surface area contributed by atoms with Gasteiger partial charge in [-0.3, -0.25) is 9.78 Å². The minimum absolute atomic E-state index is 0.192. The molecule has 23 heavy (non-hydrogen) atoms. The van der Waals surface area contributed by atoms with Crippen molar-refractivity contribution in [1.29, 1.82) is 0 Å². The number of anilines is 1. The first kappa shape index (κ1) is 16.5. The molecule has 2 aromatic rings. The van der Waals surface area contributed by atoms with E-state index >= 15 is 0 Å². The molecule has 0 aliphatic rings. The Hall–Kier alpha value is -2.89. The molecule has 0 aliphatic carbocycles. The molecular formula is C17H19N3O3. The van der Waals surface area contributed by atoms with Crippen molar-refractivity contribution in [1.82, 2.24) is 10.3 Å². The number of nitrogens with zero attached hydrogens (tertiary/aromatic N) is 1. The fraction of sp³-hybridized carbons (Fsp3) is 0.235. The summed E-state index contributed by atoms with van der Waals surface area (Å²) in [5.74, 6) is -0.222. The molecule has 0 saturated carbocycles. The molecule has 2 N–H and O–H groups in total. The monoisotopic (exact) mass is 313 g/mol. The fourth-order valence-corrected chi connectivity index (χ4v) is 2.02. The summed E-state index contributed by atoms with van der Waals surface area (Å²) in [6, 6.07) is 9.14. The number of amides is 2. The molecule has 0 atom stereocenters. The summed E-state index contributed by atoms with van der Waals surface area (Å²) in [7, 11) is 1.29. The Labute approximate surface area is 134 Å². The van der Waals surface area contributed by atoms with Gasteiger partial charge in [-0.2, -0.15) is 0 Å². The number of hydrogen-bond donors (Lipinski definition) is 2. The number of benzene rings is 1. The second-order valence-electron chi connectivity index (χ2n) is 5.15. The zero-order chi connectivity index (χ0) is 16.8. The Morgan fingerprint density at radius 3 is 2.70 bits per heavy atom. The zero-order valence-electron chi connectivity index (χ0n) is 13.3. The van der Waals surface area contributed by atoms with Gasteiger partial charge in [-0.1, -0.05) is 12.1 Å². The lowest BCUT2D eigenvalue weighted by Crippen LogP contribution is -2.23. The van der Waals surface area contributed by atoms with Crippen molar-refractivity contribution >= 4 is 17.7 Å². The van der Waals surface area contributed by atoms with Crippen LogP contribution in [0.3, 0.4) is 0 Å². The Balaban J connectivity index is 2.10. The quantitative estimate of drug-likeness (QED) is 0.909. The van der Waals surface area contributed by atoms with Gasteiger partial charge < -0.3 is 15.4 Å². The van der Waals surface area contributed by atoms with Crippen LogP contribution in [0, 0.1) is 13.8 Å². The van der Waals surface area contributed by atoms with Crippen LogP contribution in [0.5, 0.6) is 0 Å². The van der Waals surface area contributed by atoms with Crippen molar-refractivity contribution in [3.05, 3.63) is 58.9 Å². The Bertz CT molecular complexity index is 729. The van der Waals surface area contributed by atoms with Gasteiger partial charge in [0.05, 0.1) is 19.3 Å². The van der Waals surface area contributed by atoms with E-state index < -0.39 is 6.09 Å². The Kier molecular flexibility index (Phi) is 5.30. The normalized spacial score (nSPS) is 10.0. The number of aryl methyl sites for hydroxylation is 2. The lowest BCUT2D eigenvalue weighted by molar-refractivity contribution is 0.102. The predicted octanol–water partition coefficient (Wildman–Crippen LogP) is 2.81. The summed E-state index contributed by atoms with van der Waals surface area (Å²) in [6.07, 6.45) is 0.990. The molecule has 1 aromatic carbocycles. The van der Waals surface area contributed by atoms with Gasteiger partial charge >= 0.3 is 6.09 Å². The van der Waals surface area contributed by atoms with E-state index in [-0.39, 0.29) is 12.5 Å². The predicted molar refractivity (Wildman–Crippen MR) is 87.4 cm³/mol. The number of ether oxygens (including phenoxy) is 1. The molecule has 0 aliphatic heterocycles. The SMILES string of the molecule is COC(=O)NCc1cc(C(=O)Nc2cc(C)ccc2C)ccn1. The van der Waals surface area contributed by atoms with Crippen molar-refractivity contribution in [3.63, 3.8) is 0 Å². The number of pyridine rings is 1. The van der Waals surface area contributed by atoms with Crippen LogP contribution in [-0.4, -0.2) is 24.1 Å². The molecule has 120 valence electrons. The van der Waals surface area contributed by atoms with Gasteiger partial charge in [0.1, 0.15) is 0 Å². The van der Waals surface area contributed by atoms with Crippen LogP contribution in [0.2, 0.25) is 0 Å². The maximum atomic E-state index is 12.4. The average Bonchev–Trinajstić information content (AvgIpc) is 2.56. The highest BCUT2D eigenvalue weighted by atomic mass is 16.5. The highest BCUT2D eigenvalue weighted by Gasteiger charge is 2.10. The van der Waals surface area contributed by atoms with Crippen molar-refractivity contribution in [3.8, 4) is 0 Å². The first-order chi connectivity index (χ1) is 11.0. The number of carbonyl (C=O) groups excluding carboxylic acids is 2. The third-order valence-corrected chi connectivity index (χ3v) is 3.32. The lowest BCUT2D eigenvalue weighted by Gasteiger charge is -2.10. The molecule has 6 nitrogen and oxygen atoms in total. The molecule has 0 spiro atoms. The third-order valence-electron chi connectivity index (χ3n) is 3.32. The topological polar surface area (TPSA) is 80.3 Å². The maximum Gasteiger partial charge on any atom is 0.407 e. The summed E-state index contributed by atoms with van der Waals surface area (Å²) in [6.45, 7) is 4.10. The summed E-state index contributed by atoms with van der Waals surface area (Å²) in [4.78, 5) is 27.6. The molecule has 1 heterocycles. The van der Waals surface area contributed by atoms with E-state index in [1.807, 2.05) is 32.0 Å². The third kappa shape index (κ3) is 4.54. The first-order valence-electron chi connectivity index (χ1n) is 7.15. The summed E-state index contributed by atoms with van der Waals surface area (Å²) in [5, 5.41) is 5.42. The molecule has 0 saturated heterocycles. The van der Waals surface area contributed by atoms with Gasteiger partial charge in [0.25, 0.3) is 5.91 Å². The number of alkyl carbamates (subject to hydrolysis) is 1. The van der Waals surface area contributed by atoms with Crippen LogP contribution in [0.4, 0.5) is 10.5 Å². The molecule has 0 unspecified atom stereocenters. The van der Waals surface area contributed by atoms with Crippen LogP contribution >= 0.6 is 0 Å². The van der Waals surface area contributed by atoms with E-state index in [1.165, 1.54) is 13.3 Å². The van der Waals surface area contributed by atoms with Gasteiger partial charge in [-0.15, -0.1) is 0 Å². The number of carbonyl (C=O) groups is 2. The first-order valence-corrected chi connectivity index (χ1v) is 7.15. The second-order valence-corrected chi connectivity index (χ2v) is 5.15. The number of aromatic nitrogens is 1. The van der Waals surface area contributed by atoms with Crippen LogP contribution in [0.25, 0.3) is 0 Å². The van der Waals surface area contributed by atoms with Crippen molar-refractivity contribution in [2.24, 2.45) is 0 Å². The maximum absolute atomic E-state index is 12.4. The molecular weight excluding hydrogens is 294 g/mol. The number of rotatable bonds is 4. The van der Waals surface area contributed by atoms with Crippen LogP contribution in [-0.2, 0) is 11.3 Å². The molecule has 0 radical (unpaired) electrons. The zero-order valence-corrected chi connectivity index (χ0v) is 13.3. The minimum atomic E-state index is -0.544. The largest absolute Gasteiger partial charge is 0.453 e. The second kappa shape index (κ2) is 7.40. The van der Waals surface area contributed by atoms with Crippen molar-refractivity contribution < 1.29 is 14.3 Å².